The third-order valence-corrected chi connectivity index (χ3v) is 5.13. The normalized spacial score (nSPS) is 10.4. The Morgan fingerprint density at radius 3 is 2.21 bits per heavy atom. The van der Waals surface area contributed by atoms with Crippen LogP contribution in [0.15, 0.2) is 82.6 Å². The summed E-state index contributed by atoms with van der Waals surface area (Å²) >= 11 is 1.39. The van der Waals surface area contributed by atoms with Gasteiger partial charge >= 0.3 is 0 Å². The van der Waals surface area contributed by atoms with Crippen molar-refractivity contribution in [3.05, 3.63) is 88.5 Å². The van der Waals surface area contributed by atoms with Crippen LogP contribution in [0.3, 0.4) is 0 Å². The average Bonchev–Trinajstić information content (AvgIpc) is 2.69. The van der Waals surface area contributed by atoms with E-state index in [0.717, 1.165) is 15.5 Å². The zero-order valence-corrected chi connectivity index (χ0v) is 16.3. The molecule has 0 saturated carbocycles. The highest BCUT2D eigenvalue weighted by atomic mass is 32.2. The summed E-state index contributed by atoms with van der Waals surface area (Å²) in [6.45, 7) is 0. The number of nitro benzene ring substituents is 1. The highest BCUT2D eigenvalue weighted by molar-refractivity contribution is 7.99. The van der Waals surface area contributed by atoms with Crippen LogP contribution >= 0.6 is 11.8 Å². The molecule has 1 N–H and O–H groups in total. The lowest BCUT2D eigenvalue weighted by atomic mass is 10.2. The molecule has 0 spiro atoms. The van der Waals surface area contributed by atoms with Gasteiger partial charge in [0.1, 0.15) is 0 Å². The molecule has 3 aromatic carbocycles. The van der Waals surface area contributed by atoms with Crippen molar-refractivity contribution in [1.82, 2.24) is 0 Å². The summed E-state index contributed by atoms with van der Waals surface area (Å²) in [5.74, 6) is -0.206. The molecule has 0 aliphatic rings. The second kappa shape index (κ2) is 8.58. The van der Waals surface area contributed by atoms with Gasteiger partial charge in [0.2, 0.25) is 0 Å². The topological polar surface area (TPSA) is 75.5 Å². The molecule has 0 bridgehead atoms. The van der Waals surface area contributed by atoms with Crippen molar-refractivity contribution in [2.75, 3.05) is 24.3 Å². The molecule has 1 amide bonds. The van der Waals surface area contributed by atoms with Crippen molar-refractivity contribution in [3.63, 3.8) is 0 Å². The molecule has 0 aromatic heterocycles. The Morgan fingerprint density at radius 1 is 0.964 bits per heavy atom. The van der Waals surface area contributed by atoms with Gasteiger partial charge in [0.25, 0.3) is 11.6 Å². The number of hydrogen-bond donors (Lipinski definition) is 1. The lowest BCUT2D eigenvalue weighted by molar-refractivity contribution is -0.384. The number of rotatable bonds is 6. The molecule has 3 aromatic rings. The van der Waals surface area contributed by atoms with Crippen molar-refractivity contribution in [2.24, 2.45) is 0 Å². The molecule has 0 unspecified atom stereocenters. The van der Waals surface area contributed by atoms with Crippen LogP contribution in [0.25, 0.3) is 0 Å². The summed E-state index contributed by atoms with van der Waals surface area (Å²) in [4.78, 5) is 26.7. The quantitative estimate of drug-likeness (QED) is 0.468. The van der Waals surface area contributed by atoms with Gasteiger partial charge in [0.15, 0.2) is 0 Å². The first kappa shape index (κ1) is 19.4. The van der Waals surface area contributed by atoms with Crippen LogP contribution in [-0.4, -0.2) is 24.9 Å². The predicted octanol–water partition coefficient (Wildman–Crippen LogP) is 5.06. The van der Waals surface area contributed by atoms with Crippen LogP contribution in [0, 0.1) is 10.1 Å². The van der Waals surface area contributed by atoms with Crippen LogP contribution in [0.1, 0.15) is 10.4 Å². The number of nitro groups is 1. The number of carbonyl (C=O) groups excluding carboxylic acids is 1. The maximum atomic E-state index is 12.8. The first-order valence-corrected chi connectivity index (χ1v) is 9.36. The molecular formula is C21H19N3O3S. The van der Waals surface area contributed by atoms with Crippen LogP contribution in [0.2, 0.25) is 0 Å². The lowest BCUT2D eigenvalue weighted by Crippen LogP contribution is -2.13. The Bertz CT molecular complexity index is 987. The molecule has 0 aliphatic carbocycles. The van der Waals surface area contributed by atoms with Crippen molar-refractivity contribution >= 4 is 34.7 Å². The van der Waals surface area contributed by atoms with E-state index in [-0.39, 0.29) is 11.6 Å². The van der Waals surface area contributed by atoms with Crippen LogP contribution in [0.4, 0.5) is 17.1 Å². The summed E-state index contributed by atoms with van der Waals surface area (Å²) < 4.78 is 0. The summed E-state index contributed by atoms with van der Waals surface area (Å²) in [6.07, 6.45) is 0. The van der Waals surface area contributed by atoms with E-state index >= 15 is 0 Å². The summed E-state index contributed by atoms with van der Waals surface area (Å²) in [5, 5.41) is 13.7. The number of non-ortho nitro benzene ring substituents is 1. The number of nitrogens with one attached hydrogen (secondary N) is 1. The molecule has 3 rings (SSSR count). The Kier molecular flexibility index (Phi) is 5.96. The van der Waals surface area contributed by atoms with E-state index in [2.05, 4.69) is 5.32 Å². The molecule has 0 aliphatic heterocycles. The molecule has 0 fully saturated rings. The van der Waals surface area contributed by atoms with Gasteiger partial charge in [-0.3, -0.25) is 14.9 Å². The molecule has 0 atom stereocenters. The summed E-state index contributed by atoms with van der Waals surface area (Å²) in [7, 11) is 3.92. The number of hydrogen-bond acceptors (Lipinski definition) is 5. The van der Waals surface area contributed by atoms with Crippen LogP contribution in [-0.2, 0) is 0 Å². The maximum absolute atomic E-state index is 12.8. The Morgan fingerprint density at radius 2 is 1.61 bits per heavy atom. The number of amides is 1. The van der Waals surface area contributed by atoms with E-state index in [1.807, 2.05) is 61.5 Å². The molecule has 0 saturated heterocycles. The zero-order valence-electron chi connectivity index (χ0n) is 15.5. The monoisotopic (exact) mass is 393 g/mol. The molecule has 28 heavy (non-hydrogen) atoms. The molecule has 6 nitrogen and oxygen atoms in total. The van der Waals surface area contributed by atoms with E-state index < -0.39 is 4.92 Å². The first-order valence-electron chi connectivity index (χ1n) is 8.54. The Labute approximate surface area is 167 Å². The van der Waals surface area contributed by atoms with Gasteiger partial charge < -0.3 is 10.2 Å². The molecule has 7 heteroatoms. The highest BCUT2D eigenvalue weighted by Crippen LogP contribution is 2.32. The van der Waals surface area contributed by atoms with Gasteiger partial charge in [-0.25, -0.2) is 0 Å². The second-order valence-electron chi connectivity index (χ2n) is 6.24. The summed E-state index contributed by atoms with van der Waals surface area (Å²) in [5.41, 5.74) is 2.34. The van der Waals surface area contributed by atoms with E-state index in [9.17, 15) is 14.9 Å². The zero-order chi connectivity index (χ0) is 20.1. The Balaban J connectivity index is 1.77. The van der Waals surface area contributed by atoms with Crippen molar-refractivity contribution in [2.45, 2.75) is 9.79 Å². The van der Waals surface area contributed by atoms with E-state index in [0.29, 0.717) is 11.3 Å². The average molecular weight is 393 g/mol. The van der Waals surface area contributed by atoms with Crippen molar-refractivity contribution in [3.8, 4) is 0 Å². The number of anilines is 2. The van der Waals surface area contributed by atoms with Gasteiger partial charge in [-0.2, -0.15) is 0 Å². The SMILES string of the molecule is CN(C)c1ccc(NC(=O)c2ccccc2Sc2ccc([N+](=O)[O-])cc2)cc1. The second-order valence-corrected chi connectivity index (χ2v) is 7.36. The highest BCUT2D eigenvalue weighted by Gasteiger charge is 2.13. The van der Waals surface area contributed by atoms with E-state index in [1.54, 1.807) is 18.2 Å². The largest absolute Gasteiger partial charge is 0.378 e. The van der Waals surface area contributed by atoms with E-state index in [1.165, 1.54) is 23.9 Å². The van der Waals surface area contributed by atoms with Gasteiger partial charge in [-0.15, -0.1) is 0 Å². The third-order valence-electron chi connectivity index (χ3n) is 4.05. The molecule has 0 heterocycles. The smallest absolute Gasteiger partial charge is 0.269 e. The van der Waals surface area contributed by atoms with Gasteiger partial charge in [-0.1, -0.05) is 23.9 Å². The third kappa shape index (κ3) is 4.69. The lowest BCUT2D eigenvalue weighted by Gasteiger charge is -2.13. The fraction of sp³-hybridized carbons (Fsp3) is 0.0952. The van der Waals surface area contributed by atoms with E-state index in [4.69, 9.17) is 0 Å². The number of benzene rings is 3. The first-order chi connectivity index (χ1) is 13.4. The van der Waals surface area contributed by atoms with Crippen LogP contribution in [0.5, 0.6) is 0 Å². The van der Waals surface area contributed by atoms with Crippen LogP contribution < -0.4 is 10.2 Å². The number of carbonyl (C=O) groups is 1. The van der Waals surface area contributed by atoms with Crippen molar-refractivity contribution in [1.29, 1.82) is 0 Å². The Hall–Kier alpha value is -3.32. The van der Waals surface area contributed by atoms with Gasteiger partial charge in [0, 0.05) is 47.4 Å². The molecule has 142 valence electrons. The fourth-order valence-corrected chi connectivity index (χ4v) is 3.49. The fourth-order valence-electron chi connectivity index (χ4n) is 2.55. The molecule has 0 radical (unpaired) electrons. The molecular weight excluding hydrogens is 374 g/mol. The number of nitrogens with zero attached hydrogens (tertiary/aromatic N) is 2. The predicted molar refractivity (Wildman–Crippen MR) is 112 cm³/mol. The minimum Gasteiger partial charge on any atom is -0.378 e. The maximum Gasteiger partial charge on any atom is 0.269 e. The van der Waals surface area contributed by atoms with Gasteiger partial charge in [-0.05, 0) is 48.5 Å². The minimum absolute atomic E-state index is 0.0385. The minimum atomic E-state index is -0.433. The standard InChI is InChI=1S/C21H19N3O3S/c1-23(2)16-9-7-15(8-10-16)22-21(25)19-5-3-4-6-20(19)28-18-13-11-17(12-14-18)24(26)27/h3-14H,1-2H3,(H,22,25). The van der Waals surface area contributed by atoms with Crippen molar-refractivity contribution < 1.29 is 9.72 Å². The summed E-state index contributed by atoms with van der Waals surface area (Å²) in [6, 6.07) is 21.1. The van der Waals surface area contributed by atoms with Gasteiger partial charge in [0.05, 0.1) is 10.5 Å².